The Morgan fingerprint density at radius 1 is 1.25 bits per heavy atom. The van der Waals surface area contributed by atoms with Gasteiger partial charge in [0.1, 0.15) is 0 Å². The molecule has 0 radical (unpaired) electrons. The number of carbonyl (C=O) groups is 2. The van der Waals surface area contributed by atoms with E-state index in [4.69, 9.17) is 21.1 Å². The van der Waals surface area contributed by atoms with Crippen LogP contribution in [-0.4, -0.2) is 38.9 Å². The second-order valence-electron chi connectivity index (χ2n) is 5.94. The van der Waals surface area contributed by atoms with Gasteiger partial charge in [-0.15, -0.1) is 0 Å². The normalized spacial score (nSPS) is 14.7. The van der Waals surface area contributed by atoms with Crippen LogP contribution in [0.2, 0.25) is 5.02 Å². The molecule has 2 aromatic carbocycles. The lowest BCUT2D eigenvalue weighted by Crippen LogP contribution is -2.34. The molecule has 0 unspecified atom stereocenters. The highest BCUT2D eigenvalue weighted by Crippen LogP contribution is 2.39. The monoisotopic (exact) mass is 418 g/mol. The van der Waals surface area contributed by atoms with E-state index in [0.29, 0.717) is 21.2 Å². The maximum absolute atomic E-state index is 12.5. The zero-order valence-electron chi connectivity index (χ0n) is 15.3. The first kappa shape index (κ1) is 20.4. The second-order valence-corrected chi connectivity index (χ2v) is 7.46. The topological polar surface area (TPSA) is 76.7 Å². The maximum atomic E-state index is 12.5. The Morgan fingerprint density at radius 3 is 2.75 bits per heavy atom. The number of amides is 2. The summed E-state index contributed by atoms with van der Waals surface area (Å²) < 4.78 is 10.1. The molecule has 8 heteroatoms. The molecule has 6 nitrogen and oxygen atoms in total. The Labute approximate surface area is 172 Å². The fourth-order valence-corrected chi connectivity index (χ4v) is 3.72. The van der Waals surface area contributed by atoms with Crippen LogP contribution in [0.3, 0.4) is 0 Å². The van der Waals surface area contributed by atoms with Crippen LogP contribution in [0.5, 0.6) is 0 Å². The molecule has 0 bridgehead atoms. The van der Waals surface area contributed by atoms with Gasteiger partial charge in [0, 0.05) is 29.7 Å². The quantitative estimate of drug-likeness (QED) is 0.551. The fourth-order valence-electron chi connectivity index (χ4n) is 2.59. The summed E-state index contributed by atoms with van der Waals surface area (Å²) >= 11 is 7.35. The van der Waals surface area contributed by atoms with Crippen molar-refractivity contribution in [1.82, 2.24) is 5.32 Å². The van der Waals surface area contributed by atoms with E-state index >= 15 is 0 Å². The van der Waals surface area contributed by atoms with Gasteiger partial charge in [-0.25, -0.2) is 0 Å². The van der Waals surface area contributed by atoms with Crippen LogP contribution in [0.25, 0.3) is 6.08 Å². The zero-order chi connectivity index (χ0) is 20.1. The summed E-state index contributed by atoms with van der Waals surface area (Å²) in [6.07, 6.45) is 1.27. The zero-order valence-corrected chi connectivity index (χ0v) is 16.9. The molecule has 0 aromatic heterocycles. The van der Waals surface area contributed by atoms with Gasteiger partial charge >= 0.3 is 0 Å². The lowest BCUT2D eigenvalue weighted by Gasteiger charge is -2.20. The number of fused-ring (bicyclic) bond motifs is 1. The molecule has 3 rings (SSSR count). The third kappa shape index (κ3) is 4.94. The summed E-state index contributed by atoms with van der Waals surface area (Å²) in [6, 6.07) is 12.5. The van der Waals surface area contributed by atoms with Crippen LogP contribution in [0.4, 0.5) is 5.69 Å². The number of nitrogens with one attached hydrogen (secondary N) is 2. The molecule has 2 N–H and O–H groups in total. The molecule has 0 aliphatic carbocycles. The first-order chi connectivity index (χ1) is 13.5. The lowest BCUT2D eigenvalue weighted by atomic mass is 10.1. The Hall–Kier alpha value is -2.32. The maximum Gasteiger partial charge on any atom is 0.262 e. The number of hydrogen-bond acceptors (Lipinski definition) is 5. The molecular formula is C20H19ClN2O4S. The largest absolute Gasteiger partial charge is 0.354 e. The average molecular weight is 419 g/mol. The predicted molar refractivity (Wildman–Crippen MR) is 110 cm³/mol. The summed E-state index contributed by atoms with van der Waals surface area (Å²) in [6.45, 7) is 0.219. The van der Waals surface area contributed by atoms with Crippen molar-refractivity contribution in [2.45, 2.75) is 11.2 Å². The van der Waals surface area contributed by atoms with E-state index in [1.807, 2.05) is 18.2 Å². The van der Waals surface area contributed by atoms with Gasteiger partial charge in [-0.1, -0.05) is 35.5 Å². The fraction of sp³-hybridized carbons (Fsp3) is 0.200. The first-order valence-corrected chi connectivity index (χ1v) is 9.64. The minimum absolute atomic E-state index is 0.219. The molecule has 0 saturated heterocycles. The molecule has 1 aliphatic heterocycles. The van der Waals surface area contributed by atoms with Gasteiger partial charge in [0.2, 0.25) is 0 Å². The van der Waals surface area contributed by atoms with Gasteiger partial charge in [-0.2, -0.15) is 0 Å². The minimum Gasteiger partial charge on any atom is -0.354 e. The van der Waals surface area contributed by atoms with E-state index in [2.05, 4.69) is 10.6 Å². The molecule has 0 atom stereocenters. The number of carbonyl (C=O) groups excluding carboxylic acids is 2. The molecular weight excluding hydrogens is 400 g/mol. The third-order valence-corrected chi connectivity index (χ3v) is 5.37. The van der Waals surface area contributed by atoms with Gasteiger partial charge in [0.15, 0.2) is 6.29 Å². The summed E-state index contributed by atoms with van der Waals surface area (Å²) in [5, 5.41) is 6.18. The molecule has 28 heavy (non-hydrogen) atoms. The van der Waals surface area contributed by atoms with Crippen LogP contribution >= 0.6 is 23.4 Å². The van der Waals surface area contributed by atoms with Crippen molar-refractivity contribution in [3.05, 3.63) is 63.5 Å². The van der Waals surface area contributed by atoms with Gasteiger partial charge in [-0.3, -0.25) is 9.59 Å². The first-order valence-electron chi connectivity index (χ1n) is 8.44. The van der Waals surface area contributed by atoms with Crippen LogP contribution in [0.15, 0.2) is 52.3 Å². The highest BCUT2D eigenvalue weighted by molar-refractivity contribution is 8.04. The van der Waals surface area contributed by atoms with E-state index in [0.717, 1.165) is 10.5 Å². The number of methoxy groups -OCH3 is 2. The molecule has 0 saturated carbocycles. The van der Waals surface area contributed by atoms with Crippen molar-refractivity contribution in [3.63, 3.8) is 0 Å². The number of anilines is 1. The Kier molecular flexibility index (Phi) is 6.74. The summed E-state index contributed by atoms with van der Waals surface area (Å²) in [7, 11) is 3.00. The van der Waals surface area contributed by atoms with Gasteiger partial charge in [0.05, 0.1) is 17.1 Å². The summed E-state index contributed by atoms with van der Waals surface area (Å²) in [4.78, 5) is 26.2. The van der Waals surface area contributed by atoms with Crippen molar-refractivity contribution in [2.75, 3.05) is 26.1 Å². The number of thioether (sulfide) groups is 1. The Balaban J connectivity index is 1.75. The molecule has 2 amide bonds. The van der Waals surface area contributed by atoms with E-state index in [-0.39, 0.29) is 18.4 Å². The van der Waals surface area contributed by atoms with Crippen LogP contribution in [0, 0.1) is 0 Å². The third-order valence-electron chi connectivity index (χ3n) is 4.04. The average Bonchev–Trinajstić information content (AvgIpc) is 2.69. The van der Waals surface area contributed by atoms with Gasteiger partial charge in [-0.05, 0) is 42.0 Å². The van der Waals surface area contributed by atoms with E-state index in [1.54, 1.807) is 30.3 Å². The molecule has 146 valence electrons. The number of rotatable bonds is 6. The highest BCUT2D eigenvalue weighted by atomic mass is 35.5. The number of ether oxygens (including phenoxy) is 2. The van der Waals surface area contributed by atoms with Crippen molar-refractivity contribution < 1.29 is 19.1 Å². The van der Waals surface area contributed by atoms with Crippen LogP contribution < -0.4 is 10.6 Å². The summed E-state index contributed by atoms with van der Waals surface area (Å²) in [5.74, 6) is -0.504. The standard InChI is InChI=1S/C20H19ClN2O4S/c1-26-18(27-2)11-22-19(24)13-6-7-16-15(10-13)23-20(25)17(28-16)9-12-4-3-5-14(21)8-12/h3-10,18H,11H2,1-2H3,(H,22,24)(H,23,25)/b17-9+. The predicted octanol–water partition coefficient (Wildman–Crippen LogP) is 3.77. The lowest BCUT2D eigenvalue weighted by molar-refractivity contribution is -0.112. The SMILES string of the molecule is COC(CNC(=O)c1ccc2c(c1)NC(=O)/C(=C\c1cccc(Cl)c1)S2)OC. The van der Waals surface area contributed by atoms with E-state index in [1.165, 1.54) is 26.0 Å². The van der Waals surface area contributed by atoms with Crippen LogP contribution in [0.1, 0.15) is 15.9 Å². The molecule has 2 aromatic rings. The van der Waals surface area contributed by atoms with E-state index in [9.17, 15) is 9.59 Å². The Bertz CT molecular complexity index is 928. The smallest absolute Gasteiger partial charge is 0.262 e. The Morgan fingerprint density at radius 2 is 2.04 bits per heavy atom. The number of halogens is 1. The molecule has 0 fully saturated rings. The number of benzene rings is 2. The van der Waals surface area contributed by atoms with Gasteiger partial charge < -0.3 is 20.1 Å². The number of hydrogen-bond donors (Lipinski definition) is 2. The van der Waals surface area contributed by atoms with E-state index < -0.39 is 6.29 Å². The highest BCUT2D eigenvalue weighted by Gasteiger charge is 2.22. The minimum atomic E-state index is -0.518. The van der Waals surface area contributed by atoms with Crippen molar-refractivity contribution in [2.24, 2.45) is 0 Å². The molecule has 1 heterocycles. The van der Waals surface area contributed by atoms with Crippen molar-refractivity contribution in [3.8, 4) is 0 Å². The molecule has 1 aliphatic rings. The second kappa shape index (κ2) is 9.25. The summed E-state index contributed by atoms with van der Waals surface area (Å²) in [5.41, 5.74) is 1.88. The van der Waals surface area contributed by atoms with Crippen LogP contribution in [-0.2, 0) is 14.3 Å². The van der Waals surface area contributed by atoms with Gasteiger partial charge in [0.25, 0.3) is 11.8 Å². The molecule has 0 spiro atoms. The van der Waals surface area contributed by atoms with Crippen molar-refractivity contribution in [1.29, 1.82) is 0 Å². The van der Waals surface area contributed by atoms with Crippen molar-refractivity contribution >= 4 is 46.9 Å².